The molecule has 4 rings (SSSR count). The van der Waals surface area contributed by atoms with Gasteiger partial charge in [-0.05, 0) is 30.5 Å². The van der Waals surface area contributed by atoms with Gasteiger partial charge in [-0.1, -0.05) is 42.5 Å². The van der Waals surface area contributed by atoms with Crippen molar-refractivity contribution in [2.75, 3.05) is 0 Å². The third kappa shape index (κ3) is 1.69. The Morgan fingerprint density at radius 3 is 2.68 bits per heavy atom. The van der Waals surface area contributed by atoms with Gasteiger partial charge in [0.2, 0.25) is 0 Å². The average Bonchev–Trinajstić information content (AvgIpc) is 2.80. The number of benzene rings is 3. The Balaban J connectivity index is 1.96. The van der Waals surface area contributed by atoms with Crippen LogP contribution in [-0.4, -0.2) is 5.97 Å². The van der Waals surface area contributed by atoms with Gasteiger partial charge in [-0.2, -0.15) is 0 Å². The van der Waals surface area contributed by atoms with Gasteiger partial charge in [0.25, 0.3) is 0 Å². The Hall–Kier alpha value is -2.68. The standard InChI is InChI=1S/C19H13FO2/c1-19(16-7-3-2-6-14(16)18(21)22-19)13-10-9-12-5-4-8-17(20)15(12)11-13/h2-11H,1H3. The van der Waals surface area contributed by atoms with Gasteiger partial charge in [0.15, 0.2) is 5.60 Å². The van der Waals surface area contributed by atoms with E-state index in [1.165, 1.54) is 6.07 Å². The van der Waals surface area contributed by atoms with Crippen molar-refractivity contribution in [3.8, 4) is 0 Å². The van der Waals surface area contributed by atoms with E-state index in [0.717, 1.165) is 16.5 Å². The monoisotopic (exact) mass is 292 g/mol. The van der Waals surface area contributed by atoms with Crippen LogP contribution in [0.2, 0.25) is 0 Å². The first-order valence-corrected chi connectivity index (χ1v) is 7.11. The van der Waals surface area contributed by atoms with Crippen molar-refractivity contribution >= 4 is 16.7 Å². The maximum atomic E-state index is 14.0. The molecule has 0 saturated carbocycles. The predicted octanol–water partition coefficient (Wildman–Crippen LogP) is 4.41. The highest BCUT2D eigenvalue weighted by Gasteiger charge is 2.42. The zero-order valence-electron chi connectivity index (χ0n) is 12.0. The van der Waals surface area contributed by atoms with Crippen LogP contribution in [0.15, 0.2) is 60.7 Å². The highest BCUT2D eigenvalue weighted by molar-refractivity contribution is 5.95. The maximum Gasteiger partial charge on any atom is 0.339 e. The minimum absolute atomic E-state index is 0.277. The first-order chi connectivity index (χ1) is 10.6. The van der Waals surface area contributed by atoms with Gasteiger partial charge < -0.3 is 4.74 Å². The molecule has 22 heavy (non-hydrogen) atoms. The van der Waals surface area contributed by atoms with Crippen LogP contribution in [0.25, 0.3) is 10.8 Å². The molecule has 1 aliphatic heterocycles. The number of ether oxygens (including phenoxy) is 1. The van der Waals surface area contributed by atoms with Crippen molar-refractivity contribution in [3.05, 3.63) is 83.2 Å². The van der Waals surface area contributed by atoms with E-state index in [2.05, 4.69) is 0 Å². The Labute approximate surface area is 127 Å². The fourth-order valence-electron chi connectivity index (χ4n) is 3.12. The fraction of sp³-hybridized carbons (Fsp3) is 0.105. The highest BCUT2D eigenvalue weighted by Crippen LogP contribution is 2.42. The number of carbonyl (C=O) groups is 1. The van der Waals surface area contributed by atoms with Gasteiger partial charge in [-0.3, -0.25) is 0 Å². The summed E-state index contributed by atoms with van der Waals surface area (Å²) in [5, 5.41) is 1.35. The molecule has 0 amide bonds. The highest BCUT2D eigenvalue weighted by atomic mass is 19.1. The topological polar surface area (TPSA) is 26.3 Å². The van der Waals surface area contributed by atoms with Crippen LogP contribution in [0.5, 0.6) is 0 Å². The van der Waals surface area contributed by atoms with E-state index in [9.17, 15) is 9.18 Å². The van der Waals surface area contributed by atoms with Crippen LogP contribution in [-0.2, 0) is 10.3 Å². The summed E-state index contributed by atoms with van der Waals surface area (Å²) in [6, 6.07) is 17.8. The molecule has 0 radical (unpaired) electrons. The van der Waals surface area contributed by atoms with Crippen molar-refractivity contribution in [3.63, 3.8) is 0 Å². The van der Waals surface area contributed by atoms with E-state index >= 15 is 0 Å². The number of esters is 1. The minimum atomic E-state index is -0.885. The van der Waals surface area contributed by atoms with Gasteiger partial charge in [-0.15, -0.1) is 0 Å². The summed E-state index contributed by atoms with van der Waals surface area (Å²) in [6.07, 6.45) is 0. The lowest BCUT2D eigenvalue weighted by molar-refractivity contribution is 0.0180. The van der Waals surface area contributed by atoms with Crippen LogP contribution in [0.3, 0.4) is 0 Å². The largest absolute Gasteiger partial charge is 0.446 e. The van der Waals surface area contributed by atoms with Gasteiger partial charge >= 0.3 is 5.97 Å². The van der Waals surface area contributed by atoms with Gasteiger partial charge in [0.05, 0.1) is 5.56 Å². The van der Waals surface area contributed by atoms with E-state index in [1.807, 2.05) is 43.3 Å². The second-order valence-corrected chi connectivity index (χ2v) is 5.64. The zero-order chi connectivity index (χ0) is 15.3. The lowest BCUT2D eigenvalue weighted by atomic mass is 9.86. The molecular weight excluding hydrogens is 279 g/mol. The van der Waals surface area contributed by atoms with Gasteiger partial charge in [-0.25, -0.2) is 9.18 Å². The summed E-state index contributed by atoms with van der Waals surface area (Å²) in [6.45, 7) is 1.85. The first kappa shape index (κ1) is 13.0. The van der Waals surface area contributed by atoms with Gasteiger partial charge in [0.1, 0.15) is 5.82 Å². The Kier molecular flexibility index (Phi) is 2.61. The molecule has 1 unspecified atom stereocenters. The zero-order valence-corrected chi connectivity index (χ0v) is 12.0. The molecule has 0 aromatic heterocycles. The smallest absolute Gasteiger partial charge is 0.339 e. The van der Waals surface area contributed by atoms with E-state index < -0.39 is 5.60 Å². The Morgan fingerprint density at radius 1 is 1.00 bits per heavy atom. The Bertz CT molecular complexity index is 916. The van der Waals surface area contributed by atoms with E-state index in [1.54, 1.807) is 18.2 Å². The van der Waals surface area contributed by atoms with E-state index in [4.69, 9.17) is 4.74 Å². The van der Waals surface area contributed by atoms with Crippen LogP contribution in [0.1, 0.15) is 28.4 Å². The van der Waals surface area contributed by atoms with Crippen molar-refractivity contribution in [1.29, 1.82) is 0 Å². The van der Waals surface area contributed by atoms with Crippen molar-refractivity contribution in [2.45, 2.75) is 12.5 Å². The molecule has 0 N–H and O–H groups in total. The van der Waals surface area contributed by atoms with E-state index in [0.29, 0.717) is 10.9 Å². The van der Waals surface area contributed by atoms with Crippen LogP contribution < -0.4 is 0 Å². The lowest BCUT2D eigenvalue weighted by Crippen LogP contribution is -2.23. The molecule has 1 aliphatic rings. The predicted molar refractivity (Wildman–Crippen MR) is 82.2 cm³/mol. The molecule has 1 heterocycles. The van der Waals surface area contributed by atoms with E-state index in [-0.39, 0.29) is 11.8 Å². The summed E-state index contributed by atoms with van der Waals surface area (Å²) in [5.74, 6) is -0.618. The molecule has 3 aromatic rings. The fourth-order valence-corrected chi connectivity index (χ4v) is 3.12. The van der Waals surface area contributed by atoms with Crippen LogP contribution in [0, 0.1) is 5.82 Å². The molecule has 3 heteroatoms. The molecule has 2 nitrogen and oxygen atoms in total. The van der Waals surface area contributed by atoms with Crippen LogP contribution in [0.4, 0.5) is 4.39 Å². The molecule has 3 aromatic carbocycles. The number of hydrogen-bond donors (Lipinski definition) is 0. The normalized spacial score (nSPS) is 20.0. The Morgan fingerprint density at radius 2 is 1.82 bits per heavy atom. The second kappa shape index (κ2) is 4.41. The molecule has 0 spiro atoms. The number of hydrogen-bond acceptors (Lipinski definition) is 2. The number of carbonyl (C=O) groups excluding carboxylic acids is 1. The first-order valence-electron chi connectivity index (χ1n) is 7.11. The van der Waals surface area contributed by atoms with Crippen LogP contribution >= 0.6 is 0 Å². The van der Waals surface area contributed by atoms with Crippen molar-refractivity contribution in [2.24, 2.45) is 0 Å². The summed E-state index contributed by atoms with van der Waals surface area (Å²) in [7, 11) is 0. The minimum Gasteiger partial charge on any atom is -0.446 e. The molecule has 0 saturated heterocycles. The summed E-state index contributed by atoms with van der Waals surface area (Å²) < 4.78 is 19.7. The molecule has 1 atom stereocenters. The number of fused-ring (bicyclic) bond motifs is 2. The lowest BCUT2D eigenvalue weighted by Gasteiger charge is -2.25. The second-order valence-electron chi connectivity index (χ2n) is 5.64. The maximum absolute atomic E-state index is 14.0. The molecule has 108 valence electrons. The summed E-state index contributed by atoms with van der Waals surface area (Å²) in [4.78, 5) is 12.1. The third-order valence-corrected chi connectivity index (χ3v) is 4.34. The quantitative estimate of drug-likeness (QED) is 0.621. The summed E-state index contributed by atoms with van der Waals surface area (Å²) >= 11 is 0. The molecule has 0 aliphatic carbocycles. The number of rotatable bonds is 1. The number of halogens is 1. The number of cyclic esters (lactones) is 1. The van der Waals surface area contributed by atoms with Gasteiger partial charge in [0, 0.05) is 16.5 Å². The SMILES string of the molecule is CC1(c2ccc3cccc(F)c3c2)OC(=O)c2ccccc21. The molecular formula is C19H13FO2. The third-order valence-electron chi connectivity index (χ3n) is 4.34. The average molecular weight is 292 g/mol. The van der Waals surface area contributed by atoms with Crippen molar-refractivity contribution < 1.29 is 13.9 Å². The summed E-state index contributed by atoms with van der Waals surface area (Å²) in [5.41, 5.74) is 1.27. The van der Waals surface area contributed by atoms with Crippen molar-refractivity contribution in [1.82, 2.24) is 0 Å². The molecule has 0 fully saturated rings. The molecule has 0 bridgehead atoms.